The second kappa shape index (κ2) is 11.1. The van der Waals surface area contributed by atoms with Crippen LogP contribution in [-0.4, -0.2) is 52.2 Å². The van der Waals surface area contributed by atoms with Gasteiger partial charge >= 0.3 is 0 Å². The van der Waals surface area contributed by atoms with E-state index in [2.05, 4.69) is 10.5 Å². The Labute approximate surface area is 204 Å². The number of rotatable bonds is 10. The van der Waals surface area contributed by atoms with Crippen molar-refractivity contribution in [2.75, 3.05) is 20.1 Å². The van der Waals surface area contributed by atoms with E-state index in [0.717, 1.165) is 5.56 Å². The minimum absolute atomic E-state index is 0.00517. The number of aromatic nitrogens is 1. The van der Waals surface area contributed by atoms with E-state index in [0.29, 0.717) is 41.9 Å². The van der Waals surface area contributed by atoms with Gasteiger partial charge in [-0.1, -0.05) is 43.3 Å². The third-order valence-electron chi connectivity index (χ3n) is 5.69. The van der Waals surface area contributed by atoms with Gasteiger partial charge in [-0.15, -0.1) is 0 Å². The number of carbonyl (C=O) groups excluding carboxylic acids is 2. The lowest BCUT2D eigenvalue weighted by Crippen LogP contribution is -2.24. The fourth-order valence-electron chi connectivity index (χ4n) is 3.85. The van der Waals surface area contributed by atoms with Crippen molar-refractivity contribution >= 4 is 11.8 Å². The van der Waals surface area contributed by atoms with Crippen LogP contribution in [-0.2, 0) is 11.3 Å². The largest absolute Gasteiger partial charge is 0.508 e. The average Bonchev–Trinajstić information content (AvgIpc) is 3.23. The van der Waals surface area contributed by atoms with Crippen LogP contribution in [0.1, 0.15) is 54.7 Å². The number of nitrogens with one attached hydrogen (secondary N) is 1. The maximum atomic E-state index is 12.8. The van der Waals surface area contributed by atoms with Gasteiger partial charge in [0.2, 0.25) is 5.91 Å². The molecule has 2 amide bonds. The lowest BCUT2D eigenvalue weighted by Gasteiger charge is -2.16. The number of nitrogens with two attached hydrogens (primary N) is 1. The summed E-state index contributed by atoms with van der Waals surface area (Å²) in [5, 5.41) is 27.6. The smallest absolute Gasteiger partial charge is 0.274 e. The van der Waals surface area contributed by atoms with Crippen molar-refractivity contribution in [3.8, 4) is 33.9 Å². The Morgan fingerprint density at radius 3 is 2.43 bits per heavy atom. The molecule has 0 aliphatic heterocycles. The summed E-state index contributed by atoms with van der Waals surface area (Å²) in [5.74, 6) is -0.708. The number of amides is 2. The minimum atomic E-state index is -0.393. The minimum Gasteiger partial charge on any atom is -0.508 e. The molecule has 5 N–H and O–H groups in total. The summed E-state index contributed by atoms with van der Waals surface area (Å²) < 4.78 is 5.60. The highest BCUT2D eigenvalue weighted by molar-refractivity contribution is 6.02. The van der Waals surface area contributed by atoms with E-state index in [1.165, 1.54) is 6.07 Å². The molecular formula is C26H32N4O5. The molecule has 0 bridgehead atoms. The quantitative estimate of drug-likeness (QED) is 0.347. The lowest BCUT2D eigenvalue weighted by atomic mass is 9.94. The van der Waals surface area contributed by atoms with Gasteiger partial charge < -0.3 is 30.7 Å². The van der Waals surface area contributed by atoms with E-state index in [1.807, 2.05) is 57.0 Å². The second-order valence-electron chi connectivity index (χ2n) is 8.83. The van der Waals surface area contributed by atoms with Gasteiger partial charge in [0.15, 0.2) is 11.5 Å². The fourth-order valence-corrected chi connectivity index (χ4v) is 3.85. The summed E-state index contributed by atoms with van der Waals surface area (Å²) in [6, 6.07) is 10.5. The molecule has 1 aromatic heterocycles. The Morgan fingerprint density at radius 2 is 1.83 bits per heavy atom. The van der Waals surface area contributed by atoms with Crippen LogP contribution in [0.4, 0.5) is 0 Å². The number of benzene rings is 2. The summed E-state index contributed by atoms with van der Waals surface area (Å²) in [6.07, 6.45) is 0.281. The van der Waals surface area contributed by atoms with E-state index >= 15 is 0 Å². The Balaban J connectivity index is 2.04. The third kappa shape index (κ3) is 5.99. The number of hydrogen-bond donors (Lipinski definition) is 4. The summed E-state index contributed by atoms with van der Waals surface area (Å²) in [7, 11) is 1.90. The van der Waals surface area contributed by atoms with Crippen LogP contribution in [0.15, 0.2) is 40.9 Å². The number of primary amides is 1. The molecule has 0 fully saturated rings. The molecule has 0 aliphatic carbocycles. The molecule has 0 radical (unpaired) electrons. The number of nitrogens with zero attached hydrogens (tertiary/aromatic N) is 2. The summed E-state index contributed by atoms with van der Waals surface area (Å²) in [4.78, 5) is 25.8. The van der Waals surface area contributed by atoms with E-state index in [-0.39, 0.29) is 41.2 Å². The van der Waals surface area contributed by atoms with Gasteiger partial charge in [0.1, 0.15) is 11.5 Å². The molecule has 186 valence electrons. The van der Waals surface area contributed by atoms with Crippen molar-refractivity contribution in [3.63, 3.8) is 0 Å². The Bertz CT molecular complexity index is 1200. The van der Waals surface area contributed by atoms with E-state index in [1.54, 1.807) is 6.07 Å². The predicted octanol–water partition coefficient (Wildman–Crippen LogP) is 3.60. The first-order chi connectivity index (χ1) is 16.6. The van der Waals surface area contributed by atoms with E-state index in [9.17, 15) is 19.8 Å². The van der Waals surface area contributed by atoms with E-state index in [4.69, 9.17) is 10.3 Å². The van der Waals surface area contributed by atoms with Gasteiger partial charge in [-0.05, 0) is 42.6 Å². The van der Waals surface area contributed by atoms with Crippen molar-refractivity contribution in [2.45, 2.75) is 39.7 Å². The standard InChI is InChI=1S/C26H32N4O5/c1-5-28-26(34)24-23(17-8-6-16(7-9-17)14-30(4)11-10-22(27)33)25(35-29-24)19-12-18(15(2)3)20(31)13-21(19)32/h6-9,12-13,15,31-32H,5,10-11,14H2,1-4H3,(H2,27,33)(H,28,34). The number of phenols is 2. The lowest BCUT2D eigenvalue weighted by molar-refractivity contribution is -0.118. The fraction of sp³-hybridized carbons (Fsp3) is 0.346. The highest BCUT2D eigenvalue weighted by atomic mass is 16.5. The van der Waals surface area contributed by atoms with Gasteiger partial charge in [-0.2, -0.15) is 0 Å². The molecule has 0 atom stereocenters. The van der Waals surface area contributed by atoms with Crippen LogP contribution in [0.25, 0.3) is 22.5 Å². The average molecular weight is 481 g/mol. The Kier molecular flexibility index (Phi) is 8.14. The Hall–Kier alpha value is -3.85. The first kappa shape index (κ1) is 25.8. The molecule has 0 aliphatic rings. The number of carbonyl (C=O) groups is 2. The van der Waals surface area contributed by atoms with Crippen LogP contribution in [0.2, 0.25) is 0 Å². The molecule has 2 aromatic carbocycles. The molecule has 3 aromatic rings. The number of aromatic hydroxyl groups is 2. The van der Waals surface area contributed by atoms with Gasteiger partial charge in [0.05, 0.1) is 11.1 Å². The van der Waals surface area contributed by atoms with Crippen molar-refractivity contribution in [3.05, 3.63) is 53.2 Å². The van der Waals surface area contributed by atoms with Crippen molar-refractivity contribution in [1.29, 1.82) is 0 Å². The third-order valence-corrected chi connectivity index (χ3v) is 5.69. The highest BCUT2D eigenvalue weighted by Crippen LogP contribution is 2.43. The van der Waals surface area contributed by atoms with Gasteiger partial charge in [-0.3, -0.25) is 9.59 Å². The molecule has 0 spiro atoms. The first-order valence-electron chi connectivity index (χ1n) is 11.5. The normalized spacial score (nSPS) is 11.3. The second-order valence-corrected chi connectivity index (χ2v) is 8.83. The molecule has 0 unspecified atom stereocenters. The highest BCUT2D eigenvalue weighted by Gasteiger charge is 2.27. The molecule has 0 saturated carbocycles. The molecular weight excluding hydrogens is 448 g/mol. The Morgan fingerprint density at radius 1 is 1.14 bits per heavy atom. The van der Waals surface area contributed by atoms with Crippen LogP contribution < -0.4 is 11.1 Å². The zero-order valence-electron chi connectivity index (χ0n) is 20.5. The maximum absolute atomic E-state index is 12.8. The molecule has 9 nitrogen and oxygen atoms in total. The molecule has 3 rings (SSSR count). The van der Waals surface area contributed by atoms with Crippen molar-refractivity contribution in [2.24, 2.45) is 5.73 Å². The van der Waals surface area contributed by atoms with Gasteiger partial charge in [-0.25, -0.2) is 0 Å². The topological polar surface area (TPSA) is 142 Å². The van der Waals surface area contributed by atoms with Crippen LogP contribution in [0, 0.1) is 0 Å². The summed E-state index contributed by atoms with van der Waals surface area (Å²) >= 11 is 0. The first-order valence-corrected chi connectivity index (χ1v) is 11.5. The van der Waals surface area contributed by atoms with Crippen molar-refractivity contribution in [1.82, 2.24) is 15.4 Å². The maximum Gasteiger partial charge on any atom is 0.274 e. The molecule has 9 heteroatoms. The predicted molar refractivity (Wildman–Crippen MR) is 133 cm³/mol. The zero-order chi connectivity index (χ0) is 25.7. The summed E-state index contributed by atoms with van der Waals surface area (Å²) in [5.41, 5.74) is 8.44. The SMILES string of the molecule is CCNC(=O)c1noc(-c2cc(C(C)C)c(O)cc2O)c1-c1ccc(CN(C)CCC(N)=O)cc1. The monoisotopic (exact) mass is 480 g/mol. The molecule has 0 saturated heterocycles. The van der Waals surface area contributed by atoms with Crippen LogP contribution >= 0.6 is 0 Å². The molecule has 35 heavy (non-hydrogen) atoms. The van der Waals surface area contributed by atoms with Gasteiger partial charge in [0.25, 0.3) is 5.91 Å². The number of phenolic OH excluding ortho intramolecular Hbond substituents is 2. The summed E-state index contributed by atoms with van der Waals surface area (Å²) in [6.45, 7) is 7.24. The van der Waals surface area contributed by atoms with Gasteiger partial charge in [0, 0.05) is 32.1 Å². The van der Waals surface area contributed by atoms with E-state index < -0.39 is 5.91 Å². The van der Waals surface area contributed by atoms with Crippen LogP contribution in [0.3, 0.4) is 0 Å². The number of hydrogen-bond acceptors (Lipinski definition) is 7. The van der Waals surface area contributed by atoms with Crippen LogP contribution in [0.5, 0.6) is 11.5 Å². The molecule has 1 heterocycles. The van der Waals surface area contributed by atoms with Crippen molar-refractivity contribution < 1.29 is 24.3 Å². The zero-order valence-corrected chi connectivity index (χ0v) is 20.5.